The fourth-order valence-electron chi connectivity index (χ4n) is 4.69. The lowest BCUT2D eigenvalue weighted by atomic mass is 9.97. The maximum atomic E-state index is 14.1. The Labute approximate surface area is 275 Å². The summed E-state index contributed by atoms with van der Waals surface area (Å²) >= 11 is 17.1. The lowest BCUT2D eigenvalue weighted by molar-refractivity contribution is -0.136. The van der Waals surface area contributed by atoms with Crippen LogP contribution < -0.4 is 29.1 Å². The third kappa shape index (κ3) is 6.73. The zero-order valence-electron chi connectivity index (χ0n) is 23.9. The van der Waals surface area contributed by atoms with E-state index in [2.05, 4.69) is 20.9 Å². The van der Waals surface area contributed by atoms with Gasteiger partial charge >= 0.3 is 5.97 Å². The van der Waals surface area contributed by atoms with E-state index in [1.807, 2.05) is 32.0 Å². The molecule has 0 aliphatic carbocycles. The van der Waals surface area contributed by atoms with Crippen LogP contribution >= 0.6 is 50.5 Å². The molecular weight excluding hydrogens is 691 g/mol. The first-order valence-electron chi connectivity index (χ1n) is 13.6. The zero-order valence-corrected chi connectivity index (χ0v) is 27.8. The van der Waals surface area contributed by atoms with Gasteiger partial charge < -0.3 is 18.9 Å². The average molecular weight is 718 g/mol. The van der Waals surface area contributed by atoms with Crippen molar-refractivity contribution in [1.82, 2.24) is 4.57 Å². The maximum Gasteiger partial charge on any atom is 0.337 e. The van der Waals surface area contributed by atoms with Crippen LogP contribution in [0.4, 0.5) is 0 Å². The zero-order chi connectivity index (χ0) is 31.4. The van der Waals surface area contributed by atoms with Gasteiger partial charge in [0.15, 0.2) is 16.3 Å². The van der Waals surface area contributed by atoms with Gasteiger partial charge in [0.25, 0.3) is 5.56 Å². The molecular formula is C32H27BrCl2N2O6S. The smallest absolute Gasteiger partial charge is 0.337 e. The number of ether oxygens (including phenoxy) is 4. The van der Waals surface area contributed by atoms with Crippen LogP contribution in [0.25, 0.3) is 6.08 Å². The molecule has 1 atom stereocenters. The van der Waals surface area contributed by atoms with Crippen LogP contribution in [-0.2, 0) is 16.1 Å². The van der Waals surface area contributed by atoms with Gasteiger partial charge in [-0.05, 0) is 68.0 Å². The lowest BCUT2D eigenvalue weighted by Gasteiger charge is -2.23. The average Bonchev–Trinajstić information content (AvgIpc) is 3.32. The Hall–Kier alpha value is -3.57. The molecule has 44 heavy (non-hydrogen) atoms. The molecule has 0 radical (unpaired) electrons. The third-order valence-corrected chi connectivity index (χ3v) is 8.74. The molecule has 12 heteroatoms. The van der Waals surface area contributed by atoms with Crippen molar-refractivity contribution >= 4 is 62.5 Å². The van der Waals surface area contributed by atoms with Gasteiger partial charge in [-0.15, -0.1) is 0 Å². The SMILES string of the molecule is CCOc1ccc([C@H]2C(C(=O)OC)=CN=c3s/c(=C\c4cc(Br)ccc4OCc4ccc(Cl)cc4Cl)c(=O)n32)cc1OCC. The summed E-state index contributed by atoms with van der Waals surface area (Å²) in [7, 11) is 1.29. The van der Waals surface area contributed by atoms with Gasteiger partial charge in [-0.25, -0.2) is 9.79 Å². The van der Waals surface area contributed by atoms with E-state index in [0.29, 0.717) is 61.0 Å². The molecule has 0 bridgehead atoms. The van der Waals surface area contributed by atoms with E-state index in [0.717, 1.165) is 10.0 Å². The summed E-state index contributed by atoms with van der Waals surface area (Å²) in [5, 5.41) is 1.03. The van der Waals surface area contributed by atoms with E-state index in [1.54, 1.807) is 42.5 Å². The molecule has 228 valence electrons. The molecule has 3 aromatic carbocycles. The Morgan fingerprint density at radius 2 is 1.75 bits per heavy atom. The largest absolute Gasteiger partial charge is 0.490 e. The molecule has 1 aliphatic heterocycles. The molecule has 2 heterocycles. The molecule has 0 spiro atoms. The normalized spacial score (nSPS) is 14.4. The second kappa shape index (κ2) is 14.0. The second-order valence-electron chi connectivity index (χ2n) is 9.45. The summed E-state index contributed by atoms with van der Waals surface area (Å²) in [6.07, 6.45) is 3.20. The third-order valence-electron chi connectivity index (χ3n) is 6.66. The van der Waals surface area contributed by atoms with Gasteiger partial charge in [-0.3, -0.25) is 9.36 Å². The highest BCUT2D eigenvalue weighted by molar-refractivity contribution is 9.10. The minimum absolute atomic E-state index is 0.197. The molecule has 1 aromatic heterocycles. The second-order valence-corrected chi connectivity index (χ2v) is 12.2. The summed E-state index contributed by atoms with van der Waals surface area (Å²) in [6, 6.07) is 15.3. The first kappa shape index (κ1) is 31.8. The number of methoxy groups -OCH3 is 1. The van der Waals surface area contributed by atoms with Crippen LogP contribution in [0.3, 0.4) is 0 Å². The number of fused-ring (bicyclic) bond motifs is 1. The number of hydrogen-bond acceptors (Lipinski definition) is 8. The number of rotatable bonds is 10. The van der Waals surface area contributed by atoms with Crippen LogP contribution in [0.2, 0.25) is 10.0 Å². The number of hydrogen-bond donors (Lipinski definition) is 0. The molecule has 1 aliphatic rings. The van der Waals surface area contributed by atoms with E-state index in [-0.39, 0.29) is 17.7 Å². The molecule has 5 rings (SSSR count). The van der Waals surface area contributed by atoms with Gasteiger partial charge in [-0.1, -0.05) is 62.6 Å². The van der Waals surface area contributed by atoms with Crippen molar-refractivity contribution in [3.8, 4) is 17.2 Å². The topological polar surface area (TPSA) is 88.4 Å². The standard InChI is InChI=1S/C32H27BrCl2N2O6S/c1-4-41-26-10-7-18(13-27(26)42-5-2)29-23(31(39)40-3)16-36-32-37(29)30(38)28(44-32)14-20-12-21(33)8-11-25(20)43-17-19-6-9-22(34)15-24(19)35/h6-16,29H,4-5,17H2,1-3H3/b28-14-/t29-/m0/s1. The summed E-state index contributed by atoms with van der Waals surface area (Å²) < 4.78 is 25.4. The van der Waals surface area contributed by atoms with Crippen LogP contribution in [-0.4, -0.2) is 30.9 Å². The van der Waals surface area contributed by atoms with E-state index in [1.165, 1.54) is 29.2 Å². The van der Waals surface area contributed by atoms with E-state index >= 15 is 0 Å². The van der Waals surface area contributed by atoms with Crippen molar-refractivity contribution in [1.29, 1.82) is 0 Å². The Bertz CT molecular complexity index is 1940. The van der Waals surface area contributed by atoms with E-state index in [4.69, 9.17) is 42.1 Å². The molecule has 8 nitrogen and oxygen atoms in total. The molecule has 0 fully saturated rings. The summed E-state index contributed by atoms with van der Waals surface area (Å²) in [4.78, 5) is 31.8. The van der Waals surface area contributed by atoms with Crippen LogP contribution in [0, 0.1) is 0 Å². The summed E-state index contributed by atoms with van der Waals surface area (Å²) in [5.74, 6) is 1.02. The fourth-order valence-corrected chi connectivity index (χ4v) is 6.49. The number of benzene rings is 3. The van der Waals surface area contributed by atoms with Crippen LogP contribution in [0.1, 0.15) is 36.6 Å². The fraction of sp³-hybridized carbons (Fsp3) is 0.219. The molecule has 0 unspecified atom stereocenters. The van der Waals surface area contributed by atoms with E-state index in [9.17, 15) is 9.59 Å². The highest BCUT2D eigenvalue weighted by Crippen LogP contribution is 2.35. The van der Waals surface area contributed by atoms with Crippen molar-refractivity contribution in [2.24, 2.45) is 4.99 Å². The molecule has 4 aromatic rings. The summed E-state index contributed by atoms with van der Waals surface area (Å²) in [6.45, 7) is 4.81. The monoisotopic (exact) mass is 716 g/mol. The Balaban J connectivity index is 1.60. The maximum absolute atomic E-state index is 14.1. The van der Waals surface area contributed by atoms with Crippen molar-refractivity contribution in [2.45, 2.75) is 26.5 Å². The van der Waals surface area contributed by atoms with Crippen molar-refractivity contribution < 1.29 is 23.7 Å². The van der Waals surface area contributed by atoms with Gasteiger partial charge in [0.2, 0.25) is 0 Å². The Kier molecular flexibility index (Phi) is 10.2. The van der Waals surface area contributed by atoms with E-state index < -0.39 is 12.0 Å². The Morgan fingerprint density at radius 3 is 2.48 bits per heavy atom. The highest BCUT2D eigenvalue weighted by atomic mass is 79.9. The lowest BCUT2D eigenvalue weighted by Crippen LogP contribution is -2.39. The number of nitrogens with zero attached hydrogens (tertiary/aromatic N) is 2. The van der Waals surface area contributed by atoms with Gasteiger partial charge in [0, 0.05) is 31.8 Å². The van der Waals surface area contributed by atoms with Gasteiger partial charge in [-0.2, -0.15) is 0 Å². The van der Waals surface area contributed by atoms with Gasteiger partial charge in [0.1, 0.15) is 12.4 Å². The molecule has 0 N–H and O–H groups in total. The number of halogens is 3. The van der Waals surface area contributed by atoms with Crippen molar-refractivity contribution in [3.05, 3.63) is 117 Å². The number of aromatic nitrogens is 1. The molecule has 0 amide bonds. The predicted octanol–water partition coefficient (Wildman–Crippen LogP) is 6.46. The number of thiazole rings is 1. The van der Waals surface area contributed by atoms with Crippen molar-refractivity contribution in [3.63, 3.8) is 0 Å². The van der Waals surface area contributed by atoms with Gasteiger partial charge in [0.05, 0.1) is 36.5 Å². The quantitative estimate of drug-likeness (QED) is 0.175. The number of carbonyl (C=O) groups is 1. The molecule has 0 saturated carbocycles. The number of esters is 1. The Morgan fingerprint density at radius 1 is 1.00 bits per heavy atom. The predicted molar refractivity (Wildman–Crippen MR) is 175 cm³/mol. The van der Waals surface area contributed by atoms with Crippen LogP contribution in [0.15, 0.2) is 80.6 Å². The summed E-state index contributed by atoms with van der Waals surface area (Å²) in [5.41, 5.74) is 1.96. The van der Waals surface area contributed by atoms with Crippen LogP contribution in [0.5, 0.6) is 17.2 Å². The minimum atomic E-state index is -0.805. The number of carbonyl (C=O) groups excluding carboxylic acids is 1. The highest BCUT2D eigenvalue weighted by Gasteiger charge is 2.31. The molecule has 0 saturated heterocycles. The van der Waals surface area contributed by atoms with Crippen molar-refractivity contribution in [2.75, 3.05) is 20.3 Å². The first-order chi connectivity index (χ1) is 21.2. The first-order valence-corrected chi connectivity index (χ1v) is 16.0. The minimum Gasteiger partial charge on any atom is -0.490 e.